The summed E-state index contributed by atoms with van der Waals surface area (Å²) in [5, 5.41) is 7.54. The first-order chi connectivity index (χ1) is 14.6. The fourth-order valence-corrected chi connectivity index (χ4v) is 3.12. The highest BCUT2D eigenvalue weighted by molar-refractivity contribution is 6.30. The van der Waals surface area contributed by atoms with Crippen molar-refractivity contribution in [3.63, 3.8) is 0 Å². The summed E-state index contributed by atoms with van der Waals surface area (Å²) in [6.45, 7) is 0.642. The first kappa shape index (κ1) is 19.8. The zero-order valence-corrected chi connectivity index (χ0v) is 16.6. The third kappa shape index (κ3) is 4.75. The number of halogens is 2. The average Bonchev–Trinajstić information content (AvgIpc) is 3.39. The average molecular weight is 425 g/mol. The van der Waals surface area contributed by atoms with Crippen LogP contribution in [0.1, 0.15) is 5.56 Å². The highest BCUT2D eigenvalue weighted by atomic mass is 35.5. The maximum atomic E-state index is 13.1. The van der Waals surface area contributed by atoms with E-state index in [9.17, 15) is 9.18 Å². The number of amides is 1. The molecule has 4 rings (SSSR count). The summed E-state index contributed by atoms with van der Waals surface area (Å²) in [6.07, 6.45) is 2.49. The highest BCUT2D eigenvalue weighted by Crippen LogP contribution is 2.23. The van der Waals surface area contributed by atoms with Gasteiger partial charge in [0.2, 0.25) is 11.7 Å². The van der Waals surface area contributed by atoms with Crippen LogP contribution in [0.15, 0.2) is 71.4 Å². The van der Waals surface area contributed by atoms with Gasteiger partial charge in [-0.3, -0.25) is 4.79 Å². The van der Waals surface area contributed by atoms with Crippen LogP contribution in [-0.2, 0) is 17.8 Å². The Labute approximate surface area is 177 Å². The zero-order valence-electron chi connectivity index (χ0n) is 15.9. The maximum Gasteiger partial charge on any atom is 0.274 e. The van der Waals surface area contributed by atoms with E-state index in [1.165, 1.54) is 12.1 Å². The van der Waals surface area contributed by atoms with Gasteiger partial charge in [0.05, 0.1) is 0 Å². The number of hydrogen-bond donors (Lipinski definition) is 1. The first-order valence-electron chi connectivity index (χ1n) is 9.35. The van der Waals surface area contributed by atoms with Crippen molar-refractivity contribution in [1.82, 2.24) is 20.0 Å². The third-order valence-electron chi connectivity index (χ3n) is 4.54. The van der Waals surface area contributed by atoms with Crippen molar-refractivity contribution in [2.45, 2.75) is 13.0 Å². The lowest BCUT2D eigenvalue weighted by molar-refractivity contribution is -0.121. The summed E-state index contributed by atoms with van der Waals surface area (Å²) in [6, 6.07) is 17.0. The van der Waals surface area contributed by atoms with Crippen molar-refractivity contribution < 1.29 is 13.7 Å². The van der Waals surface area contributed by atoms with Crippen LogP contribution in [-0.4, -0.2) is 27.2 Å². The lowest BCUT2D eigenvalue weighted by atomic mass is 10.1. The SMILES string of the molecule is O=C(Cn1cccc1-c1nc(-c2ccc(F)cc2)no1)NCCc1ccc(Cl)cc1. The minimum atomic E-state index is -0.335. The van der Waals surface area contributed by atoms with E-state index in [4.69, 9.17) is 16.1 Å². The predicted octanol–water partition coefficient (Wildman–Crippen LogP) is 4.36. The summed E-state index contributed by atoms with van der Waals surface area (Å²) in [5.41, 5.74) is 2.37. The molecule has 0 aliphatic carbocycles. The Kier molecular flexibility index (Phi) is 5.90. The molecule has 0 spiro atoms. The number of carbonyl (C=O) groups is 1. The number of nitrogens with one attached hydrogen (secondary N) is 1. The fraction of sp³-hybridized carbons (Fsp3) is 0.136. The normalized spacial score (nSPS) is 10.9. The number of aromatic nitrogens is 3. The molecule has 0 radical (unpaired) electrons. The standard InChI is InChI=1S/C22H18ClFN4O2/c23-17-7-3-15(4-8-17)11-12-25-20(29)14-28-13-1-2-19(28)22-26-21(27-30-22)16-5-9-18(24)10-6-16/h1-10,13H,11-12,14H2,(H,25,29). The van der Waals surface area contributed by atoms with Crippen LogP contribution in [0.4, 0.5) is 4.39 Å². The van der Waals surface area contributed by atoms with Crippen molar-refractivity contribution in [3.8, 4) is 23.0 Å². The van der Waals surface area contributed by atoms with Crippen LogP contribution >= 0.6 is 11.6 Å². The minimum absolute atomic E-state index is 0.122. The number of nitrogens with zero attached hydrogens (tertiary/aromatic N) is 3. The second-order valence-corrected chi connectivity index (χ2v) is 7.11. The van der Waals surface area contributed by atoms with E-state index in [2.05, 4.69) is 15.5 Å². The van der Waals surface area contributed by atoms with Gasteiger partial charge in [-0.15, -0.1) is 0 Å². The van der Waals surface area contributed by atoms with E-state index in [0.29, 0.717) is 35.1 Å². The molecule has 0 bridgehead atoms. The lowest BCUT2D eigenvalue weighted by Crippen LogP contribution is -2.29. The molecule has 0 aliphatic heterocycles. The van der Waals surface area contributed by atoms with Gasteiger partial charge in [-0.2, -0.15) is 4.98 Å². The first-order valence-corrected chi connectivity index (χ1v) is 9.72. The van der Waals surface area contributed by atoms with Crippen LogP contribution in [0.5, 0.6) is 0 Å². The van der Waals surface area contributed by atoms with Crippen molar-refractivity contribution in [3.05, 3.63) is 83.3 Å². The molecule has 4 aromatic rings. The van der Waals surface area contributed by atoms with Crippen molar-refractivity contribution >= 4 is 17.5 Å². The van der Waals surface area contributed by atoms with Gasteiger partial charge >= 0.3 is 0 Å². The highest BCUT2D eigenvalue weighted by Gasteiger charge is 2.15. The molecule has 1 amide bonds. The molecule has 0 fully saturated rings. The number of rotatable bonds is 7. The molecule has 152 valence electrons. The Balaban J connectivity index is 1.38. The quantitative estimate of drug-likeness (QED) is 0.478. The van der Waals surface area contributed by atoms with Gasteiger partial charge in [-0.25, -0.2) is 4.39 Å². The van der Waals surface area contributed by atoms with E-state index >= 15 is 0 Å². The summed E-state index contributed by atoms with van der Waals surface area (Å²) in [5.74, 6) is 0.177. The van der Waals surface area contributed by atoms with Crippen LogP contribution in [0, 0.1) is 5.82 Å². The monoisotopic (exact) mass is 424 g/mol. The smallest absolute Gasteiger partial charge is 0.274 e. The van der Waals surface area contributed by atoms with Gasteiger partial charge < -0.3 is 14.4 Å². The lowest BCUT2D eigenvalue weighted by Gasteiger charge is -2.08. The summed E-state index contributed by atoms with van der Waals surface area (Å²) < 4.78 is 20.2. The molecule has 2 heterocycles. The van der Waals surface area contributed by atoms with Gasteiger partial charge in [0.1, 0.15) is 18.1 Å². The van der Waals surface area contributed by atoms with Gasteiger partial charge in [0.15, 0.2) is 0 Å². The molecule has 0 saturated heterocycles. The Morgan fingerprint density at radius 2 is 1.87 bits per heavy atom. The summed E-state index contributed by atoms with van der Waals surface area (Å²) in [7, 11) is 0. The molecule has 0 atom stereocenters. The van der Waals surface area contributed by atoms with Gasteiger partial charge in [0.25, 0.3) is 5.89 Å². The van der Waals surface area contributed by atoms with Gasteiger partial charge in [0, 0.05) is 23.3 Å². The summed E-state index contributed by atoms with van der Waals surface area (Å²) in [4.78, 5) is 16.7. The van der Waals surface area contributed by atoms with E-state index in [1.54, 1.807) is 35.0 Å². The zero-order chi connectivity index (χ0) is 20.9. The van der Waals surface area contributed by atoms with Crippen LogP contribution < -0.4 is 5.32 Å². The van der Waals surface area contributed by atoms with Crippen LogP contribution in [0.25, 0.3) is 23.0 Å². The molecule has 0 unspecified atom stereocenters. The Morgan fingerprint density at radius 3 is 2.63 bits per heavy atom. The number of benzene rings is 2. The maximum absolute atomic E-state index is 13.1. The number of hydrogen-bond acceptors (Lipinski definition) is 4. The second-order valence-electron chi connectivity index (χ2n) is 6.68. The predicted molar refractivity (Wildman–Crippen MR) is 111 cm³/mol. The van der Waals surface area contributed by atoms with E-state index in [1.807, 2.05) is 24.3 Å². The molecule has 2 aromatic carbocycles. The third-order valence-corrected chi connectivity index (χ3v) is 4.79. The fourth-order valence-electron chi connectivity index (χ4n) is 3.00. The van der Waals surface area contributed by atoms with Crippen LogP contribution in [0.2, 0.25) is 5.02 Å². The molecule has 1 N–H and O–H groups in total. The Morgan fingerprint density at radius 1 is 1.10 bits per heavy atom. The van der Waals surface area contributed by atoms with E-state index in [-0.39, 0.29) is 24.2 Å². The molecular weight excluding hydrogens is 407 g/mol. The molecule has 30 heavy (non-hydrogen) atoms. The minimum Gasteiger partial charge on any atom is -0.354 e. The molecule has 2 aromatic heterocycles. The van der Waals surface area contributed by atoms with Crippen LogP contribution in [0.3, 0.4) is 0 Å². The molecule has 8 heteroatoms. The van der Waals surface area contributed by atoms with Gasteiger partial charge in [-0.1, -0.05) is 28.9 Å². The summed E-state index contributed by atoms with van der Waals surface area (Å²) >= 11 is 5.88. The van der Waals surface area contributed by atoms with Crippen molar-refractivity contribution in [1.29, 1.82) is 0 Å². The topological polar surface area (TPSA) is 73.0 Å². The Bertz CT molecular complexity index is 1140. The number of carbonyl (C=O) groups excluding carboxylic acids is 1. The molecular formula is C22H18ClFN4O2. The van der Waals surface area contributed by atoms with Crippen molar-refractivity contribution in [2.24, 2.45) is 0 Å². The second kappa shape index (κ2) is 8.92. The molecule has 0 aliphatic rings. The van der Waals surface area contributed by atoms with Gasteiger partial charge in [-0.05, 0) is 60.5 Å². The Hall–Kier alpha value is -3.45. The van der Waals surface area contributed by atoms with Crippen molar-refractivity contribution in [2.75, 3.05) is 6.54 Å². The largest absolute Gasteiger partial charge is 0.354 e. The van der Waals surface area contributed by atoms with E-state index in [0.717, 1.165) is 5.56 Å². The molecule has 0 saturated carbocycles. The van der Waals surface area contributed by atoms with E-state index < -0.39 is 0 Å². The molecule has 6 nitrogen and oxygen atoms in total.